The van der Waals surface area contributed by atoms with Crippen molar-refractivity contribution in [2.24, 2.45) is 0 Å². The molecule has 3 aromatic rings. The van der Waals surface area contributed by atoms with Gasteiger partial charge < -0.3 is 10.1 Å². The van der Waals surface area contributed by atoms with Crippen LogP contribution < -0.4 is 10.1 Å². The molecule has 1 atom stereocenters. The van der Waals surface area contributed by atoms with Crippen molar-refractivity contribution in [1.29, 1.82) is 0 Å². The van der Waals surface area contributed by atoms with Gasteiger partial charge in [0.2, 0.25) is 0 Å². The number of rotatable bonds is 6. The van der Waals surface area contributed by atoms with Gasteiger partial charge in [-0.05, 0) is 42.1 Å². The second-order valence-corrected chi connectivity index (χ2v) is 6.23. The van der Waals surface area contributed by atoms with Crippen LogP contribution in [0.5, 0.6) is 5.75 Å². The number of pyridine rings is 1. The smallest absolute Gasteiger partial charge is 0.261 e. The third-order valence-electron chi connectivity index (χ3n) is 3.52. The quantitative estimate of drug-likeness (QED) is 0.742. The van der Waals surface area contributed by atoms with Crippen molar-refractivity contribution in [3.63, 3.8) is 0 Å². The van der Waals surface area contributed by atoms with Crippen LogP contribution in [0.2, 0.25) is 0 Å². The van der Waals surface area contributed by atoms with E-state index in [0.717, 1.165) is 16.1 Å². The Bertz CT molecular complexity index is 788. The molecule has 0 aliphatic rings. The van der Waals surface area contributed by atoms with Gasteiger partial charge in [-0.1, -0.05) is 30.3 Å². The van der Waals surface area contributed by atoms with Gasteiger partial charge in [-0.2, -0.15) is 0 Å². The first-order valence-electron chi connectivity index (χ1n) is 7.71. The number of carbonyl (C=O) groups excluding carboxylic acids is 1. The molecule has 0 aliphatic heterocycles. The highest BCUT2D eigenvalue weighted by atomic mass is 32.1. The molecule has 0 radical (unpaired) electrons. The first-order valence-corrected chi connectivity index (χ1v) is 8.59. The van der Waals surface area contributed by atoms with E-state index in [4.69, 9.17) is 4.74 Å². The molecule has 0 fully saturated rings. The molecule has 2 aromatic heterocycles. The van der Waals surface area contributed by atoms with E-state index in [-0.39, 0.29) is 5.91 Å². The van der Waals surface area contributed by atoms with E-state index in [0.29, 0.717) is 12.3 Å². The van der Waals surface area contributed by atoms with Crippen LogP contribution in [0.3, 0.4) is 0 Å². The Labute approximate surface area is 145 Å². The number of benzene rings is 1. The number of hydrogen-bond donors (Lipinski definition) is 1. The fraction of sp³-hybridized carbons (Fsp3) is 0.158. The maximum absolute atomic E-state index is 12.3. The maximum atomic E-state index is 12.3. The highest BCUT2D eigenvalue weighted by Crippen LogP contribution is 2.25. The third-order valence-corrected chi connectivity index (χ3v) is 4.40. The molecule has 1 aromatic carbocycles. The Balaban J connectivity index is 1.63. The van der Waals surface area contributed by atoms with Crippen molar-refractivity contribution in [1.82, 2.24) is 10.3 Å². The van der Waals surface area contributed by atoms with Crippen LogP contribution in [0.4, 0.5) is 0 Å². The number of amides is 1. The van der Waals surface area contributed by atoms with Gasteiger partial charge in [-0.15, -0.1) is 11.3 Å². The topological polar surface area (TPSA) is 51.2 Å². The molecule has 4 nitrogen and oxygen atoms in total. The Kier molecular flexibility index (Phi) is 5.23. The zero-order valence-electron chi connectivity index (χ0n) is 13.3. The molecule has 1 N–H and O–H groups in total. The lowest BCUT2D eigenvalue weighted by Crippen LogP contribution is -2.36. The first kappa shape index (κ1) is 16.2. The Morgan fingerprint density at radius 3 is 2.75 bits per heavy atom. The lowest BCUT2D eigenvalue weighted by Gasteiger charge is -2.15. The highest BCUT2D eigenvalue weighted by Gasteiger charge is 2.15. The van der Waals surface area contributed by atoms with Crippen molar-refractivity contribution in [3.8, 4) is 16.3 Å². The average molecular weight is 338 g/mol. The summed E-state index contributed by atoms with van der Waals surface area (Å²) in [5, 5.41) is 4.94. The molecule has 5 heteroatoms. The first-order chi connectivity index (χ1) is 11.7. The molecule has 24 heavy (non-hydrogen) atoms. The van der Waals surface area contributed by atoms with E-state index >= 15 is 0 Å². The summed E-state index contributed by atoms with van der Waals surface area (Å²) in [6.07, 6.45) is 1.20. The largest absolute Gasteiger partial charge is 0.481 e. The molecule has 0 saturated carbocycles. The number of ether oxygens (including phenoxy) is 1. The van der Waals surface area contributed by atoms with E-state index in [1.807, 2.05) is 60.0 Å². The van der Waals surface area contributed by atoms with Crippen molar-refractivity contribution in [3.05, 3.63) is 71.7 Å². The summed E-state index contributed by atoms with van der Waals surface area (Å²) in [5.41, 5.74) is 1.89. The summed E-state index contributed by atoms with van der Waals surface area (Å²) in [5.74, 6) is 0.528. The van der Waals surface area contributed by atoms with Crippen LogP contribution >= 0.6 is 11.3 Å². The standard InChI is InChI=1S/C19H18N2O2S/c1-14(23-16-8-3-2-4-9-16)19(22)21-13-15-7-5-11-20-18(15)17-10-6-12-24-17/h2-12,14H,13H2,1H3,(H,21,22)/t14-/m0/s1. The molecular formula is C19H18N2O2S. The van der Waals surface area contributed by atoms with Crippen LogP contribution in [-0.4, -0.2) is 17.0 Å². The number of hydrogen-bond acceptors (Lipinski definition) is 4. The molecule has 122 valence electrons. The summed E-state index contributed by atoms with van der Waals surface area (Å²) in [4.78, 5) is 17.8. The monoisotopic (exact) mass is 338 g/mol. The third kappa shape index (κ3) is 4.00. The van der Waals surface area contributed by atoms with E-state index in [2.05, 4.69) is 10.3 Å². The van der Waals surface area contributed by atoms with Crippen LogP contribution in [0.25, 0.3) is 10.6 Å². The molecule has 0 aliphatic carbocycles. The molecule has 0 spiro atoms. The van der Waals surface area contributed by atoms with Gasteiger partial charge in [0.15, 0.2) is 6.10 Å². The fourth-order valence-electron chi connectivity index (χ4n) is 2.30. The lowest BCUT2D eigenvalue weighted by molar-refractivity contribution is -0.127. The molecule has 3 rings (SSSR count). The minimum Gasteiger partial charge on any atom is -0.481 e. The minimum absolute atomic E-state index is 0.153. The van der Waals surface area contributed by atoms with Gasteiger partial charge in [0.05, 0.1) is 10.6 Å². The zero-order chi connectivity index (χ0) is 16.8. The minimum atomic E-state index is -0.561. The number of aromatic nitrogens is 1. The molecular weight excluding hydrogens is 320 g/mol. The molecule has 0 unspecified atom stereocenters. The van der Waals surface area contributed by atoms with Gasteiger partial charge in [0, 0.05) is 12.7 Å². The maximum Gasteiger partial charge on any atom is 0.261 e. The van der Waals surface area contributed by atoms with Crippen molar-refractivity contribution < 1.29 is 9.53 Å². The molecule has 0 bridgehead atoms. The lowest BCUT2D eigenvalue weighted by atomic mass is 10.1. The van der Waals surface area contributed by atoms with Crippen LogP contribution in [0.1, 0.15) is 12.5 Å². The van der Waals surface area contributed by atoms with E-state index in [9.17, 15) is 4.79 Å². The number of para-hydroxylation sites is 1. The SMILES string of the molecule is C[C@H](Oc1ccccc1)C(=O)NCc1cccnc1-c1cccs1. The van der Waals surface area contributed by atoms with Gasteiger partial charge in [0.1, 0.15) is 5.75 Å². The number of carbonyl (C=O) groups is 1. The Hall–Kier alpha value is -2.66. The summed E-state index contributed by atoms with van der Waals surface area (Å²) >= 11 is 1.63. The Morgan fingerprint density at radius 2 is 2.00 bits per heavy atom. The second kappa shape index (κ2) is 7.75. The van der Waals surface area contributed by atoms with E-state index in [1.165, 1.54) is 0 Å². The summed E-state index contributed by atoms with van der Waals surface area (Å²) in [7, 11) is 0. The van der Waals surface area contributed by atoms with Crippen LogP contribution in [0, 0.1) is 0 Å². The fourth-order valence-corrected chi connectivity index (χ4v) is 3.06. The second-order valence-electron chi connectivity index (χ2n) is 5.28. The average Bonchev–Trinajstić information content (AvgIpc) is 3.15. The predicted octanol–water partition coefficient (Wildman–Crippen LogP) is 3.89. The van der Waals surface area contributed by atoms with Crippen molar-refractivity contribution in [2.75, 3.05) is 0 Å². The van der Waals surface area contributed by atoms with E-state index in [1.54, 1.807) is 24.5 Å². The highest BCUT2D eigenvalue weighted by molar-refractivity contribution is 7.13. The van der Waals surface area contributed by atoms with Crippen LogP contribution in [-0.2, 0) is 11.3 Å². The van der Waals surface area contributed by atoms with Gasteiger partial charge in [-0.3, -0.25) is 9.78 Å². The van der Waals surface area contributed by atoms with Crippen molar-refractivity contribution >= 4 is 17.2 Å². The van der Waals surface area contributed by atoms with Crippen LogP contribution in [0.15, 0.2) is 66.2 Å². The Morgan fingerprint density at radius 1 is 1.17 bits per heavy atom. The number of nitrogens with one attached hydrogen (secondary N) is 1. The zero-order valence-corrected chi connectivity index (χ0v) is 14.1. The summed E-state index contributed by atoms with van der Waals surface area (Å²) < 4.78 is 5.64. The number of thiophene rings is 1. The number of nitrogens with zero attached hydrogens (tertiary/aromatic N) is 1. The normalized spacial score (nSPS) is 11.7. The van der Waals surface area contributed by atoms with Crippen molar-refractivity contribution in [2.45, 2.75) is 19.6 Å². The molecule has 1 amide bonds. The summed E-state index contributed by atoms with van der Waals surface area (Å²) in [6.45, 7) is 2.16. The molecule has 0 saturated heterocycles. The predicted molar refractivity (Wildman–Crippen MR) is 95.9 cm³/mol. The molecule has 2 heterocycles. The van der Waals surface area contributed by atoms with Gasteiger partial charge in [0.25, 0.3) is 5.91 Å². The van der Waals surface area contributed by atoms with Gasteiger partial charge >= 0.3 is 0 Å². The van der Waals surface area contributed by atoms with Gasteiger partial charge in [-0.25, -0.2) is 0 Å². The van der Waals surface area contributed by atoms with E-state index < -0.39 is 6.10 Å². The summed E-state index contributed by atoms with van der Waals surface area (Å²) in [6, 6.07) is 17.2.